The first-order chi connectivity index (χ1) is 18.0. The molecule has 1 saturated heterocycles. The average molecular weight is 564 g/mol. The Morgan fingerprint density at radius 3 is 2.32 bits per heavy atom. The number of amides is 1. The summed E-state index contributed by atoms with van der Waals surface area (Å²) in [5.74, 6) is -0.402. The van der Waals surface area contributed by atoms with Crippen LogP contribution in [0.2, 0.25) is 0 Å². The third-order valence-electron chi connectivity index (χ3n) is 5.86. The van der Waals surface area contributed by atoms with Crippen molar-refractivity contribution in [2.45, 2.75) is 30.9 Å². The van der Waals surface area contributed by atoms with Gasteiger partial charge in [-0.15, -0.1) is 30.0 Å². The van der Waals surface area contributed by atoms with Crippen LogP contribution in [0.4, 0.5) is 23.0 Å². The van der Waals surface area contributed by atoms with Crippen molar-refractivity contribution in [3.8, 4) is 5.75 Å². The molecule has 13 heteroatoms. The van der Waals surface area contributed by atoms with Gasteiger partial charge in [0.2, 0.25) is 0 Å². The van der Waals surface area contributed by atoms with Gasteiger partial charge in [0, 0.05) is 4.70 Å². The van der Waals surface area contributed by atoms with Crippen LogP contribution in [0.5, 0.6) is 5.75 Å². The normalized spacial score (nSPS) is 15.8. The number of carbonyl (C=O) groups excluding carboxylic acids is 1. The van der Waals surface area contributed by atoms with E-state index in [1.807, 2.05) is 31.2 Å². The number of carbonyl (C=O) groups is 1. The Hall–Kier alpha value is -3.81. The summed E-state index contributed by atoms with van der Waals surface area (Å²) in [6, 6.07) is 18.5. The first-order valence-electron chi connectivity index (χ1n) is 11.2. The molecule has 1 aliphatic rings. The van der Waals surface area contributed by atoms with Crippen molar-refractivity contribution in [2.75, 3.05) is 4.31 Å². The molecule has 1 fully saturated rings. The van der Waals surface area contributed by atoms with Crippen LogP contribution in [-0.4, -0.2) is 20.9 Å². The Bertz CT molecular complexity index is 1590. The lowest BCUT2D eigenvalue weighted by Gasteiger charge is -2.24. The third-order valence-corrected chi connectivity index (χ3v) is 9.03. The van der Waals surface area contributed by atoms with Gasteiger partial charge in [-0.25, -0.2) is 13.2 Å². The fourth-order valence-electron chi connectivity index (χ4n) is 4.03. The van der Waals surface area contributed by atoms with Crippen LogP contribution in [0.15, 0.2) is 77.7 Å². The van der Waals surface area contributed by atoms with Gasteiger partial charge < -0.3 is 9.57 Å². The van der Waals surface area contributed by atoms with E-state index in [2.05, 4.69) is 20.4 Å². The molecule has 1 aliphatic heterocycles. The number of nitrogens with one attached hydrogen (secondary N) is 2. The average Bonchev–Trinajstić information content (AvgIpc) is 3.46. The molecule has 3 aromatic carbocycles. The van der Waals surface area contributed by atoms with Gasteiger partial charge >= 0.3 is 12.5 Å². The number of sulfonamides is 1. The number of benzene rings is 3. The highest BCUT2D eigenvalue weighted by Crippen LogP contribution is 2.41. The van der Waals surface area contributed by atoms with Gasteiger partial charge in [-0.3, -0.25) is 9.62 Å². The zero-order chi connectivity index (χ0) is 27.1. The molecule has 0 spiro atoms. The first kappa shape index (κ1) is 25.8. The van der Waals surface area contributed by atoms with E-state index in [0.29, 0.717) is 16.1 Å². The van der Waals surface area contributed by atoms with Gasteiger partial charge in [-0.2, -0.15) is 0 Å². The summed E-state index contributed by atoms with van der Waals surface area (Å²) in [7, 11) is -4.12. The minimum atomic E-state index is -4.83. The molecule has 198 valence electrons. The number of alkyl halides is 3. The number of hydroxylamine groups is 1. The molecule has 0 bridgehead atoms. The van der Waals surface area contributed by atoms with Crippen molar-refractivity contribution < 1.29 is 36.0 Å². The number of nitrogens with zero attached hydrogens (tertiary/aromatic N) is 1. The minimum Gasteiger partial charge on any atom is -0.406 e. The minimum absolute atomic E-state index is 0.000345. The number of aryl methyl sites for hydroxylation is 1. The molecule has 1 aromatic heterocycles. The van der Waals surface area contributed by atoms with Gasteiger partial charge in [0.05, 0.1) is 11.4 Å². The van der Waals surface area contributed by atoms with Crippen LogP contribution in [0.3, 0.4) is 0 Å². The molecule has 1 amide bonds. The van der Waals surface area contributed by atoms with E-state index in [1.54, 1.807) is 12.1 Å². The van der Waals surface area contributed by atoms with E-state index in [-0.39, 0.29) is 11.4 Å². The van der Waals surface area contributed by atoms with E-state index in [0.717, 1.165) is 27.8 Å². The zero-order valence-corrected chi connectivity index (χ0v) is 21.3. The van der Waals surface area contributed by atoms with E-state index in [1.165, 1.54) is 39.9 Å². The molecule has 38 heavy (non-hydrogen) atoms. The molecule has 1 unspecified atom stereocenters. The number of thiophene rings is 1. The fourth-order valence-corrected chi connectivity index (χ4v) is 6.96. The number of hydrogen-bond acceptors (Lipinski definition) is 7. The van der Waals surface area contributed by atoms with Crippen LogP contribution in [0, 0.1) is 6.92 Å². The molecular weight excluding hydrogens is 543 g/mol. The smallest absolute Gasteiger partial charge is 0.406 e. The molecule has 4 aromatic rings. The number of halogens is 3. The quantitative estimate of drug-likeness (QED) is 0.297. The number of anilines is 1. The Labute approximate surface area is 219 Å². The molecule has 2 N–H and O–H groups in total. The highest BCUT2D eigenvalue weighted by Gasteiger charge is 2.32. The first-order valence-corrected chi connectivity index (χ1v) is 13.5. The summed E-state index contributed by atoms with van der Waals surface area (Å²) < 4.78 is 71.7. The molecule has 2 heterocycles. The van der Waals surface area contributed by atoms with E-state index < -0.39 is 34.4 Å². The standard InChI is InChI=1S/C25H20F3N3O5S2/c1-15-20-4-2-3-5-21(20)37-23(15)31(14-16-6-10-18(11-7-16)35-25(26,27)28)38(33,34)19-12-8-17(9-13-19)22-29-24(32)36-30-22/h2-13,22,30H,14H2,1H3,(H,29,32). The Balaban J connectivity index is 1.52. The predicted molar refractivity (Wildman–Crippen MR) is 135 cm³/mol. The van der Waals surface area contributed by atoms with Crippen molar-refractivity contribution in [1.82, 2.24) is 10.8 Å². The second-order valence-electron chi connectivity index (χ2n) is 8.39. The van der Waals surface area contributed by atoms with Crippen LogP contribution in [0.1, 0.15) is 22.9 Å². The molecule has 5 rings (SSSR count). The molecular formula is C25H20F3N3O5S2. The van der Waals surface area contributed by atoms with Gasteiger partial charge in [0.25, 0.3) is 10.0 Å². The van der Waals surface area contributed by atoms with Crippen molar-refractivity contribution in [3.63, 3.8) is 0 Å². The number of hydrogen-bond donors (Lipinski definition) is 2. The summed E-state index contributed by atoms with van der Waals surface area (Å²) >= 11 is 1.31. The maximum absolute atomic E-state index is 14.0. The summed E-state index contributed by atoms with van der Waals surface area (Å²) in [5.41, 5.74) is 4.31. The second kappa shape index (κ2) is 9.82. The van der Waals surface area contributed by atoms with Gasteiger partial charge in [-0.05, 0) is 59.3 Å². The molecule has 8 nitrogen and oxygen atoms in total. The van der Waals surface area contributed by atoms with Crippen LogP contribution in [0.25, 0.3) is 10.1 Å². The van der Waals surface area contributed by atoms with Crippen LogP contribution in [-0.2, 0) is 21.4 Å². The van der Waals surface area contributed by atoms with Crippen molar-refractivity contribution in [3.05, 3.63) is 89.5 Å². The Kier molecular flexibility index (Phi) is 6.67. The largest absolute Gasteiger partial charge is 0.573 e. The lowest BCUT2D eigenvalue weighted by molar-refractivity contribution is -0.274. The number of fused-ring (bicyclic) bond motifs is 1. The van der Waals surface area contributed by atoms with Crippen LogP contribution >= 0.6 is 11.3 Å². The topological polar surface area (TPSA) is 97.0 Å². The summed E-state index contributed by atoms with van der Waals surface area (Å²) in [6.07, 6.45) is -6.11. The summed E-state index contributed by atoms with van der Waals surface area (Å²) in [6.45, 7) is 1.70. The highest BCUT2D eigenvalue weighted by atomic mass is 32.2. The van der Waals surface area contributed by atoms with Gasteiger partial charge in [-0.1, -0.05) is 42.5 Å². The summed E-state index contributed by atoms with van der Waals surface area (Å²) in [5, 5.41) is 3.93. The van der Waals surface area contributed by atoms with Crippen molar-refractivity contribution in [1.29, 1.82) is 0 Å². The second-order valence-corrected chi connectivity index (χ2v) is 11.3. The van der Waals surface area contributed by atoms with E-state index >= 15 is 0 Å². The van der Waals surface area contributed by atoms with Crippen molar-refractivity contribution >= 4 is 42.5 Å². The monoisotopic (exact) mass is 563 g/mol. The van der Waals surface area contributed by atoms with Gasteiger partial charge in [0.1, 0.15) is 16.9 Å². The summed E-state index contributed by atoms with van der Waals surface area (Å²) in [4.78, 5) is 16.0. The Morgan fingerprint density at radius 2 is 1.71 bits per heavy atom. The van der Waals surface area contributed by atoms with Gasteiger partial charge in [0.15, 0.2) is 0 Å². The Morgan fingerprint density at radius 1 is 1.03 bits per heavy atom. The highest BCUT2D eigenvalue weighted by molar-refractivity contribution is 7.93. The van der Waals surface area contributed by atoms with E-state index in [4.69, 9.17) is 0 Å². The molecule has 0 aliphatic carbocycles. The molecule has 1 atom stereocenters. The number of rotatable bonds is 7. The lowest BCUT2D eigenvalue weighted by atomic mass is 10.2. The maximum atomic E-state index is 14.0. The van der Waals surface area contributed by atoms with E-state index in [9.17, 15) is 26.4 Å². The molecule has 0 radical (unpaired) electrons. The third kappa shape index (κ3) is 5.26. The van der Waals surface area contributed by atoms with Crippen LogP contribution < -0.4 is 19.8 Å². The fraction of sp³-hybridized carbons (Fsp3) is 0.160. The molecule has 0 saturated carbocycles. The predicted octanol–water partition coefficient (Wildman–Crippen LogP) is 5.75. The lowest BCUT2D eigenvalue weighted by Crippen LogP contribution is -2.30. The van der Waals surface area contributed by atoms with Crippen molar-refractivity contribution in [2.24, 2.45) is 0 Å². The SMILES string of the molecule is Cc1c(N(Cc2ccc(OC(F)(F)F)cc2)S(=O)(=O)c2ccc(C3NOC(=O)N3)cc2)sc2ccccc12. The zero-order valence-electron chi connectivity index (χ0n) is 19.7. The maximum Gasteiger partial charge on any atom is 0.573 e. The number of ether oxygens (including phenoxy) is 1.